The van der Waals surface area contributed by atoms with Crippen molar-refractivity contribution in [3.05, 3.63) is 52.5 Å². The molecule has 0 bridgehead atoms. The lowest BCUT2D eigenvalue weighted by atomic mass is 10.1. The summed E-state index contributed by atoms with van der Waals surface area (Å²) in [4.78, 5) is 0.195. The van der Waals surface area contributed by atoms with Crippen molar-refractivity contribution < 1.29 is 17.9 Å². The Morgan fingerprint density at radius 3 is 2.43 bits per heavy atom. The van der Waals surface area contributed by atoms with Crippen LogP contribution in [0.4, 0.5) is 0 Å². The molecule has 0 aliphatic rings. The van der Waals surface area contributed by atoms with Crippen molar-refractivity contribution in [3.8, 4) is 11.5 Å². The molecule has 0 saturated heterocycles. The van der Waals surface area contributed by atoms with Crippen molar-refractivity contribution in [1.82, 2.24) is 4.72 Å². The molecule has 7 heteroatoms. The van der Waals surface area contributed by atoms with Crippen LogP contribution in [0.5, 0.6) is 11.5 Å². The molecule has 0 aliphatic heterocycles. The fraction of sp³-hybridized carbons (Fsp3) is 0.250. The molecule has 0 amide bonds. The molecule has 0 aliphatic carbocycles. The number of hydrogen-bond donors (Lipinski definition) is 1. The van der Waals surface area contributed by atoms with E-state index in [1.807, 2.05) is 0 Å². The van der Waals surface area contributed by atoms with Gasteiger partial charge in [0.05, 0.1) is 19.1 Å². The zero-order chi connectivity index (χ0) is 17.0. The van der Waals surface area contributed by atoms with Gasteiger partial charge in [0.25, 0.3) is 0 Å². The first-order valence-corrected chi connectivity index (χ1v) is 9.15. The maximum absolute atomic E-state index is 12.5. The lowest BCUT2D eigenvalue weighted by Gasteiger charge is -2.18. The molecule has 0 aromatic heterocycles. The van der Waals surface area contributed by atoms with Crippen molar-refractivity contribution in [2.24, 2.45) is 0 Å². The van der Waals surface area contributed by atoms with E-state index in [0.29, 0.717) is 21.5 Å². The van der Waals surface area contributed by atoms with Crippen LogP contribution in [0, 0.1) is 0 Å². The summed E-state index contributed by atoms with van der Waals surface area (Å²) in [7, 11) is -0.551. The standard InChI is InChI=1S/C16H18BrNO4S/c1-11(15-10-13(21-2)7-8-16(15)22-3)18-23(19,20)14-6-4-5-12(17)9-14/h4-11,18H,1-3H3/t11-/m1/s1. The van der Waals surface area contributed by atoms with Gasteiger partial charge in [-0.3, -0.25) is 0 Å². The van der Waals surface area contributed by atoms with Gasteiger partial charge in [0, 0.05) is 16.1 Å². The minimum atomic E-state index is -3.65. The molecule has 0 unspecified atom stereocenters. The Morgan fingerprint density at radius 2 is 1.83 bits per heavy atom. The number of sulfonamides is 1. The van der Waals surface area contributed by atoms with E-state index in [1.165, 1.54) is 0 Å². The normalized spacial score (nSPS) is 12.7. The Morgan fingerprint density at radius 1 is 1.09 bits per heavy atom. The molecule has 0 radical (unpaired) electrons. The highest BCUT2D eigenvalue weighted by Gasteiger charge is 2.21. The van der Waals surface area contributed by atoms with Crippen molar-refractivity contribution in [2.45, 2.75) is 17.9 Å². The highest BCUT2D eigenvalue weighted by atomic mass is 79.9. The largest absolute Gasteiger partial charge is 0.497 e. The number of ether oxygens (including phenoxy) is 2. The van der Waals surface area contributed by atoms with Crippen LogP contribution in [-0.2, 0) is 10.0 Å². The second-order valence-electron chi connectivity index (χ2n) is 4.91. The van der Waals surface area contributed by atoms with Crippen molar-refractivity contribution in [2.75, 3.05) is 14.2 Å². The first-order chi connectivity index (χ1) is 10.9. The predicted octanol–water partition coefficient (Wildman–Crippen LogP) is 3.51. The Balaban J connectivity index is 2.33. The summed E-state index contributed by atoms with van der Waals surface area (Å²) in [6.45, 7) is 1.76. The van der Waals surface area contributed by atoms with E-state index in [1.54, 1.807) is 63.6 Å². The fourth-order valence-electron chi connectivity index (χ4n) is 2.18. The summed E-state index contributed by atoms with van der Waals surface area (Å²) in [6.07, 6.45) is 0. The van der Waals surface area contributed by atoms with Crippen molar-refractivity contribution >= 4 is 26.0 Å². The van der Waals surface area contributed by atoms with Crippen LogP contribution in [0.25, 0.3) is 0 Å². The number of rotatable bonds is 6. The molecule has 2 aromatic carbocycles. The topological polar surface area (TPSA) is 64.6 Å². The summed E-state index contributed by atoms with van der Waals surface area (Å²) < 4.78 is 38.9. The van der Waals surface area contributed by atoms with Gasteiger partial charge in [0.1, 0.15) is 11.5 Å². The molecule has 1 N–H and O–H groups in total. The van der Waals surface area contributed by atoms with Gasteiger partial charge in [-0.25, -0.2) is 13.1 Å². The molecule has 1 atom stereocenters. The average molecular weight is 400 g/mol. The van der Waals surface area contributed by atoms with Crippen LogP contribution in [0.2, 0.25) is 0 Å². The van der Waals surface area contributed by atoms with Gasteiger partial charge in [0.15, 0.2) is 0 Å². The van der Waals surface area contributed by atoms with Crippen molar-refractivity contribution in [3.63, 3.8) is 0 Å². The summed E-state index contributed by atoms with van der Waals surface area (Å²) in [5, 5.41) is 0. The zero-order valence-corrected chi connectivity index (χ0v) is 15.4. The maximum Gasteiger partial charge on any atom is 0.241 e. The minimum Gasteiger partial charge on any atom is -0.497 e. The Kier molecular flexibility index (Phi) is 5.67. The van der Waals surface area contributed by atoms with E-state index in [9.17, 15) is 8.42 Å². The quantitative estimate of drug-likeness (QED) is 0.806. The molecule has 5 nitrogen and oxygen atoms in total. The summed E-state index contributed by atoms with van der Waals surface area (Å²) in [5.41, 5.74) is 0.699. The first-order valence-electron chi connectivity index (χ1n) is 6.87. The second-order valence-corrected chi connectivity index (χ2v) is 7.54. The van der Waals surface area contributed by atoms with E-state index in [4.69, 9.17) is 9.47 Å². The Labute approximate surface area is 144 Å². The second kappa shape index (κ2) is 7.33. The molecule has 0 fully saturated rings. The van der Waals surface area contributed by atoms with Crippen LogP contribution >= 0.6 is 15.9 Å². The highest BCUT2D eigenvalue weighted by molar-refractivity contribution is 9.10. The fourth-order valence-corrected chi connectivity index (χ4v) is 4.00. The first kappa shape index (κ1) is 17.8. The minimum absolute atomic E-state index is 0.195. The molecule has 0 saturated carbocycles. The van der Waals surface area contributed by atoms with Gasteiger partial charge in [0.2, 0.25) is 10.0 Å². The lowest BCUT2D eigenvalue weighted by molar-refractivity contribution is 0.395. The van der Waals surface area contributed by atoms with Gasteiger partial charge in [-0.05, 0) is 43.3 Å². The van der Waals surface area contributed by atoms with Crippen LogP contribution in [0.1, 0.15) is 18.5 Å². The molecule has 23 heavy (non-hydrogen) atoms. The third-order valence-corrected chi connectivity index (χ3v) is 5.37. The SMILES string of the molecule is COc1ccc(OC)c([C@@H](C)NS(=O)(=O)c2cccc(Br)c2)c1. The molecule has 2 aromatic rings. The van der Waals surface area contributed by atoms with E-state index in [0.717, 1.165) is 0 Å². The molecule has 2 rings (SSSR count). The van der Waals surface area contributed by atoms with E-state index < -0.39 is 16.1 Å². The summed E-state index contributed by atoms with van der Waals surface area (Å²) in [5.74, 6) is 1.23. The summed E-state index contributed by atoms with van der Waals surface area (Å²) >= 11 is 3.28. The number of methoxy groups -OCH3 is 2. The Bertz CT molecular complexity index is 792. The summed E-state index contributed by atoms with van der Waals surface area (Å²) in [6, 6.07) is 11.3. The zero-order valence-electron chi connectivity index (χ0n) is 13.0. The number of benzene rings is 2. The molecule has 0 heterocycles. The molecule has 124 valence electrons. The maximum atomic E-state index is 12.5. The van der Waals surface area contributed by atoms with Gasteiger partial charge in [-0.1, -0.05) is 22.0 Å². The monoisotopic (exact) mass is 399 g/mol. The number of nitrogens with one attached hydrogen (secondary N) is 1. The average Bonchev–Trinajstić information content (AvgIpc) is 2.53. The highest BCUT2D eigenvalue weighted by Crippen LogP contribution is 2.30. The number of halogens is 1. The van der Waals surface area contributed by atoms with Gasteiger partial charge < -0.3 is 9.47 Å². The third-order valence-electron chi connectivity index (χ3n) is 3.34. The van der Waals surface area contributed by atoms with Gasteiger partial charge in [-0.15, -0.1) is 0 Å². The molecular weight excluding hydrogens is 382 g/mol. The molecule has 0 spiro atoms. The van der Waals surface area contributed by atoms with Crippen LogP contribution < -0.4 is 14.2 Å². The van der Waals surface area contributed by atoms with Gasteiger partial charge >= 0.3 is 0 Å². The Hall–Kier alpha value is -1.57. The third kappa shape index (κ3) is 4.25. The lowest BCUT2D eigenvalue weighted by Crippen LogP contribution is -2.27. The van der Waals surface area contributed by atoms with Crippen LogP contribution in [0.15, 0.2) is 51.8 Å². The van der Waals surface area contributed by atoms with E-state index in [-0.39, 0.29) is 4.90 Å². The molecular formula is C16H18BrNO4S. The number of hydrogen-bond acceptors (Lipinski definition) is 4. The van der Waals surface area contributed by atoms with Crippen LogP contribution in [-0.4, -0.2) is 22.6 Å². The predicted molar refractivity (Wildman–Crippen MR) is 92.4 cm³/mol. The smallest absolute Gasteiger partial charge is 0.241 e. The van der Waals surface area contributed by atoms with Gasteiger partial charge in [-0.2, -0.15) is 0 Å². The van der Waals surface area contributed by atoms with Crippen LogP contribution in [0.3, 0.4) is 0 Å². The van der Waals surface area contributed by atoms with E-state index >= 15 is 0 Å². The van der Waals surface area contributed by atoms with E-state index in [2.05, 4.69) is 20.7 Å². The van der Waals surface area contributed by atoms with Crippen molar-refractivity contribution in [1.29, 1.82) is 0 Å².